The van der Waals surface area contributed by atoms with Gasteiger partial charge in [0.25, 0.3) is 0 Å². The molecule has 0 bridgehead atoms. The van der Waals surface area contributed by atoms with Gasteiger partial charge in [0.15, 0.2) is 0 Å². The van der Waals surface area contributed by atoms with E-state index in [-0.39, 0.29) is 5.41 Å². The molecule has 0 N–H and O–H groups in total. The van der Waals surface area contributed by atoms with Gasteiger partial charge in [-0.15, -0.1) is 0 Å². The Balaban J connectivity index is 1.95. The standard InChI is InChI=1S/C21H30N2/c1-16-10-8-9-13-18(16)19-15-23(20(22-19)21(2,3)4)14-17-11-6-5-7-12-17/h8-10,13,15,17H,5-7,11-12,14H2,1-4H3. The second-order valence-electron chi connectivity index (χ2n) is 8.17. The maximum Gasteiger partial charge on any atom is 0.114 e. The van der Waals surface area contributed by atoms with E-state index < -0.39 is 0 Å². The van der Waals surface area contributed by atoms with Crippen molar-refractivity contribution >= 4 is 0 Å². The van der Waals surface area contributed by atoms with Crippen molar-refractivity contribution < 1.29 is 0 Å². The molecule has 1 aliphatic rings. The van der Waals surface area contributed by atoms with E-state index in [0.717, 1.165) is 18.2 Å². The van der Waals surface area contributed by atoms with E-state index in [4.69, 9.17) is 4.98 Å². The molecule has 3 rings (SSSR count). The summed E-state index contributed by atoms with van der Waals surface area (Å²) < 4.78 is 2.44. The van der Waals surface area contributed by atoms with Crippen LogP contribution in [0.2, 0.25) is 0 Å². The summed E-state index contributed by atoms with van der Waals surface area (Å²) in [6, 6.07) is 8.57. The van der Waals surface area contributed by atoms with Crippen molar-refractivity contribution in [2.24, 2.45) is 5.92 Å². The van der Waals surface area contributed by atoms with Crippen molar-refractivity contribution in [1.29, 1.82) is 0 Å². The highest BCUT2D eigenvalue weighted by atomic mass is 15.1. The zero-order valence-electron chi connectivity index (χ0n) is 15.1. The monoisotopic (exact) mass is 310 g/mol. The van der Waals surface area contributed by atoms with E-state index in [2.05, 4.69) is 62.7 Å². The molecule has 0 atom stereocenters. The summed E-state index contributed by atoms with van der Waals surface area (Å²) in [5, 5.41) is 0. The van der Waals surface area contributed by atoms with Crippen LogP contribution in [0.3, 0.4) is 0 Å². The van der Waals surface area contributed by atoms with Gasteiger partial charge in [0.1, 0.15) is 5.82 Å². The molecule has 0 aliphatic heterocycles. The molecule has 2 aromatic rings. The molecule has 1 aromatic carbocycles. The second-order valence-corrected chi connectivity index (χ2v) is 8.17. The zero-order valence-corrected chi connectivity index (χ0v) is 15.1. The van der Waals surface area contributed by atoms with Crippen LogP contribution in [-0.4, -0.2) is 9.55 Å². The molecule has 1 aliphatic carbocycles. The van der Waals surface area contributed by atoms with Crippen LogP contribution in [0.25, 0.3) is 11.3 Å². The minimum Gasteiger partial charge on any atom is -0.334 e. The number of aromatic nitrogens is 2. The molecule has 2 heteroatoms. The fraction of sp³-hybridized carbons (Fsp3) is 0.571. The number of hydrogen-bond donors (Lipinski definition) is 0. The SMILES string of the molecule is Cc1ccccc1-c1cn(CC2CCCCC2)c(C(C)(C)C)n1. The second kappa shape index (κ2) is 6.51. The third-order valence-corrected chi connectivity index (χ3v) is 5.05. The summed E-state index contributed by atoms with van der Waals surface area (Å²) in [7, 11) is 0. The molecule has 1 aromatic heterocycles. The highest BCUT2D eigenvalue weighted by Crippen LogP contribution is 2.31. The van der Waals surface area contributed by atoms with Crippen LogP contribution in [-0.2, 0) is 12.0 Å². The highest BCUT2D eigenvalue weighted by Gasteiger charge is 2.24. The third kappa shape index (κ3) is 3.68. The number of hydrogen-bond acceptors (Lipinski definition) is 1. The maximum atomic E-state index is 5.04. The van der Waals surface area contributed by atoms with Crippen molar-refractivity contribution in [3.05, 3.63) is 41.9 Å². The lowest BCUT2D eigenvalue weighted by Crippen LogP contribution is -2.22. The van der Waals surface area contributed by atoms with Gasteiger partial charge in [0.2, 0.25) is 0 Å². The first-order valence-corrected chi connectivity index (χ1v) is 9.09. The fourth-order valence-corrected chi connectivity index (χ4v) is 3.79. The van der Waals surface area contributed by atoms with E-state index in [1.165, 1.54) is 49.1 Å². The summed E-state index contributed by atoms with van der Waals surface area (Å²) in [5.41, 5.74) is 3.77. The summed E-state index contributed by atoms with van der Waals surface area (Å²) >= 11 is 0. The Hall–Kier alpha value is -1.57. The molecule has 0 saturated heterocycles. The van der Waals surface area contributed by atoms with Crippen molar-refractivity contribution in [2.45, 2.75) is 71.8 Å². The Bertz CT molecular complexity index is 655. The molecule has 1 heterocycles. The number of imidazole rings is 1. The molecule has 124 valence electrons. The number of benzene rings is 1. The van der Waals surface area contributed by atoms with Gasteiger partial charge in [-0.25, -0.2) is 4.98 Å². The van der Waals surface area contributed by atoms with Crippen molar-refractivity contribution in [3.8, 4) is 11.3 Å². The van der Waals surface area contributed by atoms with Gasteiger partial charge in [0.05, 0.1) is 5.69 Å². The first-order chi connectivity index (χ1) is 10.9. The number of aryl methyl sites for hydroxylation is 1. The molecular formula is C21H30N2. The van der Waals surface area contributed by atoms with Crippen molar-refractivity contribution in [2.75, 3.05) is 0 Å². The largest absolute Gasteiger partial charge is 0.334 e. The first-order valence-electron chi connectivity index (χ1n) is 9.09. The van der Waals surface area contributed by atoms with Crippen LogP contribution in [0.1, 0.15) is 64.3 Å². The van der Waals surface area contributed by atoms with Gasteiger partial charge in [-0.3, -0.25) is 0 Å². The van der Waals surface area contributed by atoms with Gasteiger partial charge in [0, 0.05) is 23.7 Å². The van der Waals surface area contributed by atoms with Crippen LogP contribution in [0.15, 0.2) is 30.5 Å². The third-order valence-electron chi connectivity index (χ3n) is 5.05. The molecule has 23 heavy (non-hydrogen) atoms. The number of nitrogens with zero attached hydrogens (tertiary/aromatic N) is 2. The Morgan fingerprint density at radius 2 is 1.78 bits per heavy atom. The fourth-order valence-electron chi connectivity index (χ4n) is 3.79. The Morgan fingerprint density at radius 1 is 1.09 bits per heavy atom. The van der Waals surface area contributed by atoms with Crippen LogP contribution >= 0.6 is 0 Å². The first kappa shape index (κ1) is 16.3. The average molecular weight is 310 g/mol. The minimum atomic E-state index is 0.0790. The summed E-state index contributed by atoms with van der Waals surface area (Å²) in [6.07, 6.45) is 9.26. The normalized spacial score (nSPS) is 16.7. The molecule has 0 unspecified atom stereocenters. The topological polar surface area (TPSA) is 17.8 Å². The van der Waals surface area contributed by atoms with Gasteiger partial charge in [-0.2, -0.15) is 0 Å². The smallest absolute Gasteiger partial charge is 0.114 e. The van der Waals surface area contributed by atoms with Crippen molar-refractivity contribution in [3.63, 3.8) is 0 Å². The molecule has 0 spiro atoms. The average Bonchev–Trinajstić information content (AvgIpc) is 2.92. The zero-order chi connectivity index (χ0) is 16.4. The predicted octanol–water partition coefficient (Wildman–Crippen LogP) is 5.74. The lowest BCUT2D eigenvalue weighted by Gasteiger charge is -2.25. The lowest BCUT2D eigenvalue weighted by molar-refractivity contribution is 0.309. The van der Waals surface area contributed by atoms with E-state index in [0.29, 0.717) is 0 Å². The molecule has 2 nitrogen and oxygen atoms in total. The Kier molecular flexibility index (Phi) is 4.61. The molecule has 0 radical (unpaired) electrons. The Labute approximate surface area is 141 Å². The summed E-state index contributed by atoms with van der Waals surface area (Å²) in [6.45, 7) is 10.1. The van der Waals surface area contributed by atoms with E-state index >= 15 is 0 Å². The minimum absolute atomic E-state index is 0.0790. The van der Waals surface area contributed by atoms with Crippen LogP contribution in [0.4, 0.5) is 0 Å². The lowest BCUT2D eigenvalue weighted by atomic mass is 9.88. The van der Waals surface area contributed by atoms with Crippen LogP contribution < -0.4 is 0 Å². The Morgan fingerprint density at radius 3 is 2.43 bits per heavy atom. The molecular weight excluding hydrogens is 280 g/mol. The van der Waals surface area contributed by atoms with Gasteiger partial charge >= 0.3 is 0 Å². The van der Waals surface area contributed by atoms with E-state index in [9.17, 15) is 0 Å². The number of rotatable bonds is 3. The van der Waals surface area contributed by atoms with Crippen molar-refractivity contribution in [1.82, 2.24) is 9.55 Å². The predicted molar refractivity (Wildman–Crippen MR) is 97.7 cm³/mol. The van der Waals surface area contributed by atoms with Gasteiger partial charge in [-0.1, -0.05) is 64.3 Å². The maximum absolute atomic E-state index is 5.04. The van der Waals surface area contributed by atoms with E-state index in [1.807, 2.05) is 0 Å². The van der Waals surface area contributed by atoms with Crippen LogP contribution in [0, 0.1) is 12.8 Å². The summed E-state index contributed by atoms with van der Waals surface area (Å²) in [4.78, 5) is 5.04. The van der Waals surface area contributed by atoms with Gasteiger partial charge in [-0.05, 0) is 31.2 Å². The van der Waals surface area contributed by atoms with Gasteiger partial charge < -0.3 is 4.57 Å². The van der Waals surface area contributed by atoms with Crippen LogP contribution in [0.5, 0.6) is 0 Å². The molecule has 1 saturated carbocycles. The molecule has 1 fully saturated rings. The molecule has 0 amide bonds. The van der Waals surface area contributed by atoms with E-state index in [1.54, 1.807) is 0 Å². The highest BCUT2D eigenvalue weighted by molar-refractivity contribution is 5.63. The quantitative estimate of drug-likeness (QED) is 0.707. The summed E-state index contributed by atoms with van der Waals surface area (Å²) in [5.74, 6) is 2.05.